The van der Waals surface area contributed by atoms with Gasteiger partial charge in [0.15, 0.2) is 11.6 Å². The van der Waals surface area contributed by atoms with E-state index in [1.165, 1.54) is 12.1 Å². The largest absolute Gasteiger partial charge is 0.401 e. The van der Waals surface area contributed by atoms with Crippen LogP contribution in [0.15, 0.2) is 53.4 Å². The molecule has 0 unspecified atom stereocenters. The Kier molecular flexibility index (Phi) is 7.21. The highest BCUT2D eigenvalue weighted by molar-refractivity contribution is 5.91. The molecule has 0 saturated heterocycles. The molecule has 5 rings (SSSR count). The summed E-state index contributed by atoms with van der Waals surface area (Å²) in [6.45, 7) is 4.20. The SMILES string of the molecule is Cc1c(Cc2ncc(-c3ccc(CC(=O)Nc4cc(C5(C(F)(F)F)CC5)on4)c(F)c3)cn2)ccn1C[C@H](C)O. The summed E-state index contributed by atoms with van der Waals surface area (Å²) in [7, 11) is 0. The molecule has 1 aromatic carbocycles. The zero-order valence-corrected chi connectivity index (χ0v) is 21.8. The van der Waals surface area contributed by atoms with Crippen molar-refractivity contribution < 1.29 is 32.0 Å². The second-order valence-electron chi connectivity index (χ2n) is 10.2. The summed E-state index contributed by atoms with van der Waals surface area (Å²) < 4.78 is 61.4. The van der Waals surface area contributed by atoms with E-state index in [-0.39, 0.29) is 36.4 Å². The number of carbonyl (C=O) groups excluding carboxylic acids is 1. The lowest BCUT2D eigenvalue weighted by Crippen LogP contribution is -2.28. The molecule has 1 saturated carbocycles. The van der Waals surface area contributed by atoms with Gasteiger partial charge in [0.2, 0.25) is 5.91 Å². The van der Waals surface area contributed by atoms with Crippen molar-refractivity contribution in [1.82, 2.24) is 19.7 Å². The molecular weight excluding hydrogens is 530 g/mol. The third kappa shape index (κ3) is 5.62. The number of carbonyl (C=O) groups is 1. The van der Waals surface area contributed by atoms with E-state index in [0.717, 1.165) is 17.3 Å². The van der Waals surface area contributed by atoms with Gasteiger partial charge < -0.3 is 19.5 Å². The molecule has 0 radical (unpaired) electrons. The van der Waals surface area contributed by atoms with Crippen molar-refractivity contribution in [3.8, 4) is 11.1 Å². The van der Waals surface area contributed by atoms with E-state index >= 15 is 0 Å². The Morgan fingerprint density at radius 3 is 2.50 bits per heavy atom. The molecule has 1 amide bonds. The molecule has 2 N–H and O–H groups in total. The number of aromatic nitrogens is 4. The molecule has 40 heavy (non-hydrogen) atoms. The Labute approximate surface area is 227 Å². The number of nitrogens with one attached hydrogen (secondary N) is 1. The third-order valence-corrected chi connectivity index (χ3v) is 7.15. The normalized spacial score (nSPS) is 15.2. The Bertz CT molecular complexity index is 1520. The van der Waals surface area contributed by atoms with E-state index in [4.69, 9.17) is 4.52 Å². The van der Waals surface area contributed by atoms with Gasteiger partial charge in [0.05, 0.1) is 12.5 Å². The quantitative estimate of drug-likeness (QED) is 0.277. The van der Waals surface area contributed by atoms with Crippen LogP contribution in [0.2, 0.25) is 0 Å². The number of hydrogen-bond acceptors (Lipinski definition) is 6. The van der Waals surface area contributed by atoms with Crippen molar-refractivity contribution >= 4 is 11.7 Å². The highest BCUT2D eigenvalue weighted by atomic mass is 19.4. The topological polar surface area (TPSA) is 106 Å². The van der Waals surface area contributed by atoms with Crippen LogP contribution in [0, 0.1) is 12.7 Å². The Hall–Kier alpha value is -4.06. The van der Waals surface area contributed by atoms with Crippen LogP contribution in [-0.2, 0) is 29.6 Å². The average molecular weight is 558 g/mol. The van der Waals surface area contributed by atoms with Gasteiger partial charge in [0, 0.05) is 48.9 Å². The van der Waals surface area contributed by atoms with Crippen LogP contribution < -0.4 is 5.32 Å². The van der Waals surface area contributed by atoms with E-state index < -0.39 is 29.4 Å². The van der Waals surface area contributed by atoms with Gasteiger partial charge in [0.25, 0.3) is 0 Å². The van der Waals surface area contributed by atoms with E-state index in [1.807, 2.05) is 23.8 Å². The molecule has 0 spiro atoms. The lowest BCUT2D eigenvalue weighted by Gasteiger charge is -2.14. The summed E-state index contributed by atoms with van der Waals surface area (Å²) in [5.74, 6) is -1.17. The lowest BCUT2D eigenvalue weighted by molar-refractivity contribution is -0.165. The summed E-state index contributed by atoms with van der Waals surface area (Å²) in [4.78, 5) is 21.2. The Morgan fingerprint density at radius 1 is 1.15 bits per heavy atom. The lowest BCUT2D eigenvalue weighted by atomic mass is 10.0. The highest BCUT2D eigenvalue weighted by Gasteiger charge is 2.66. The summed E-state index contributed by atoms with van der Waals surface area (Å²) in [5.41, 5.74) is 1.24. The van der Waals surface area contributed by atoms with Crippen molar-refractivity contribution in [3.63, 3.8) is 0 Å². The van der Waals surface area contributed by atoms with E-state index in [9.17, 15) is 27.5 Å². The number of aliphatic hydroxyl groups is 1. The van der Waals surface area contributed by atoms with Gasteiger partial charge in [-0.1, -0.05) is 17.3 Å². The number of benzene rings is 1. The van der Waals surface area contributed by atoms with Gasteiger partial charge in [-0.3, -0.25) is 4.79 Å². The standard InChI is InChI=1S/C28H27F4N5O3/c1-16(38)15-37-8-5-18(17(37)2)10-24-33-13-21(14-34-24)19-3-4-20(22(29)9-19)11-26(39)35-25-12-23(40-36-25)27(6-7-27)28(30,31)32/h3-5,8-9,12-14,16,38H,6-7,10-11,15H2,1-2H3,(H,35,36,39)/t16-/m0/s1. The second kappa shape index (κ2) is 10.5. The van der Waals surface area contributed by atoms with Crippen molar-refractivity contribution in [1.29, 1.82) is 0 Å². The molecule has 12 heteroatoms. The number of hydrogen-bond donors (Lipinski definition) is 2. The fraction of sp³-hybridized carbons (Fsp3) is 0.357. The third-order valence-electron chi connectivity index (χ3n) is 7.15. The number of amides is 1. The molecule has 1 fully saturated rings. The smallest absolute Gasteiger partial charge is 0.392 e. The zero-order valence-electron chi connectivity index (χ0n) is 21.8. The minimum atomic E-state index is -4.46. The predicted octanol–water partition coefficient (Wildman–Crippen LogP) is 5.13. The maximum Gasteiger partial charge on any atom is 0.401 e. The van der Waals surface area contributed by atoms with Crippen LogP contribution in [0.5, 0.6) is 0 Å². The van der Waals surface area contributed by atoms with E-state index in [1.54, 1.807) is 25.4 Å². The minimum Gasteiger partial charge on any atom is -0.392 e. The fourth-order valence-electron chi connectivity index (χ4n) is 4.62. The van der Waals surface area contributed by atoms with Gasteiger partial charge in [-0.25, -0.2) is 14.4 Å². The number of aliphatic hydroxyl groups excluding tert-OH is 1. The van der Waals surface area contributed by atoms with Gasteiger partial charge in [0.1, 0.15) is 17.1 Å². The van der Waals surface area contributed by atoms with E-state index in [2.05, 4.69) is 20.4 Å². The van der Waals surface area contributed by atoms with Crippen LogP contribution in [0.4, 0.5) is 23.4 Å². The van der Waals surface area contributed by atoms with Crippen molar-refractivity contribution in [2.75, 3.05) is 5.32 Å². The van der Waals surface area contributed by atoms with Crippen LogP contribution in [0.25, 0.3) is 11.1 Å². The summed E-state index contributed by atoms with van der Waals surface area (Å²) in [5, 5.41) is 15.5. The van der Waals surface area contributed by atoms with Gasteiger partial charge in [-0.2, -0.15) is 13.2 Å². The van der Waals surface area contributed by atoms with Gasteiger partial charge in [-0.15, -0.1) is 0 Å². The maximum atomic E-state index is 14.8. The number of anilines is 1. The molecule has 3 aromatic heterocycles. The Balaban J connectivity index is 1.20. The minimum absolute atomic E-state index is 0.0942. The first-order chi connectivity index (χ1) is 18.9. The number of alkyl halides is 3. The molecular formula is C28H27F4N5O3. The molecule has 1 atom stereocenters. The number of halogens is 4. The molecule has 210 valence electrons. The second-order valence-corrected chi connectivity index (χ2v) is 10.2. The molecule has 8 nitrogen and oxygen atoms in total. The molecule has 4 aromatic rings. The van der Waals surface area contributed by atoms with E-state index in [0.29, 0.717) is 29.9 Å². The summed E-state index contributed by atoms with van der Waals surface area (Å²) in [6.07, 6.45) is 0.160. The molecule has 3 heterocycles. The van der Waals surface area contributed by atoms with Crippen LogP contribution >= 0.6 is 0 Å². The first-order valence-electron chi connectivity index (χ1n) is 12.7. The van der Waals surface area contributed by atoms with Crippen molar-refractivity contribution in [3.05, 3.63) is 83.1 Å². The van der Waals surface area contributed by atoms with Gasteiger partial charge >= 0.3 is 6.18 Å². The summed E-state index contributed by atoms with van der Waals surface area (Å²) >= 11 is 0. The van der Waals surface area contributed by atoms with Crippen LogP contribution in [-0.4, -0.2) is 43.0 Å². The first kappa shape index (κ1) is 27.5. The average Bonchev–Trinajstić information content (AvgIpc) is 3.50. The maximum absolute atomic E-state index is 14.8. The molecule has 1 aliphatic rings. The molecule has 0 aliphatic heterocycles. The summed E-state index contributed by atoms with van der Waals surface area (Å²) in [6, 6.07) is 7.40. The molecule has 0 bridgehead atoms. The fourth-order valence-corrected chi connectivity index (χ4v) is 4.62. The van der Waals surface area contributed by atoms with Crippen molar-refractivity contribution in [2.45, 2.75) is 63.8 Å². The highest BCUT2D eigenvalue weighted by Crippen LogP contribution is 2.59. The Morgan fingerprint density at radius 2 is 1.88 bits per heavy atom. The number of rotatable bonds is 9. The molecule has 1 aliphatic carbocycles. The van der Waals surface area contributed by atoms with Crippen LogP contribution in [0.1, 0.15) is 48.2 Å². The monoisotopic (exact) mass is 557 g/mol. The van der Waals surface area contributed by atoms with Crippen molar-refractivity contribution in [2.24, 2.45) is 0 Å². The van der Waals surface area contributed by atoms with Crippen LogP contribution in [0.3, 0.4) is 0 Å². The number of nitrogens with zero attached hydrogens (tertiary/aromatic N) is 4. The first-order valence-corrected chi connectivity index (χ1v) is 12.7. The zero-order chi connectivity index (χ0) is 28.7. The predicted molar refractivity (Wildman–Crippen MR) is 137 cm³/mol. The van der Waals surface area contributed by atoms with Gasteiger partial charge in [-0.05, 0) is 55.5 Å².